The summed E-state index contributed by atoms with van der Waals surface area (Å²) in [6.45, 7) is 4.74. The first kappa shape index (κ1) is 13.5. The molecule has 0 aromatic carbocycles. The average molecular weight is 229 g/mol. The van der Waals surface area contributed by atoms with E-state index in [1.54, 1.807) is 0 Å². The van der Waals surface area contributed by atoms with Crippen LogP contribution in [0.5, 0.6) is 0 Å². The fourth-order valence-electron chi connectivity index (χ4n) is 1.95. The van der Waals surface area contributed by atoms with E-state index in [4.69, 9.17) is 4.74 Å². The van der Waals surface area contributed by atoms with Gasteiger partial charge in [-0.25, -0.2) is 0 Å². The first-order valence-corrected chi connectivity index (χ1v) is 6.15. The van der Waals surface area contributed by atoms with Crippen LogP contribution in [0.1, 0.15) is 33.1 Å². The fraction of sp³-hybridized carbons (Fsp3) is 0.917. The lowest BCUT2D eigenvalue weighted by molar-refractivity contribution is -0.149. The minimum absolute atomic E-state index is 0.185. The van der Waals surface area contributed by atoms with Gasteiger partial charge in [0.25, 0.3) is 0 Å². The van der Waals surface area contributed by atoms with Gasteiger partial charge in [0.05, 0.1) is 12.7 Å². The molecule has 4 heteroatoms. The van der Waals surface area contributed by atoms with E-state index in [2.05, 4.69) is 0 Å². The zero-order chi connectivity index (χ0) is 12.1. The highest BCUT2D eigenvalue weighted by Gasteiger charge is 2.32. The summed E-state index contributed by atoms with van der Waals surface area (Å²) >= 11 is 0. The molecule has 0 bridgehead atoms. The van der Waals surface area contributed by atoms with Gasteiger partial charge >= 0.3 is 5.97 Å². The Balaban J connectivity index is 2.40. The van der Waals surface area contributed by atoms with Crippen LogP contribution >= 0.6 is 0 Å². The molecule has 0 amide bonds. The molecule has 94 valence electrons. The predicted octanol–water partition coefficient (Wildman–Crippen LogP) is 1.03. The highest BCUT2D eigenvalue weighted by Crippen LogP contribution is 2.32. The van der Waals surface area contributed by atoms with E-state index in [0.717, 1.165) is 12.8 Å². The Labute approximate surface area is 97.6 Å². The number of esters is 1. The van der Waals surface area contributed by atoms with Crippen LogP contribution in [-0.2, 0) is 9.53 Å². The molecule has 4 nitrogen and oxygen atoms in total. The average Bonchev–Trinajstić information content (AvgIpc) is 3.01. The number of carbonyl (C=O) groups excluding carboxylic acids is 1. The second kappa shape index (κ2) is 6.21. The predicted molar refractivity (Wildman–Crippen MR) is 62.1 cm³/mol. The van der Waals surface area contributed by atoms with E-state index in [9.17, 15) is 9.90 Å². The molecule has 0 heterocycles. The van der Waals surface area contributed by atoms with Crippen molar-refractivity contribution in [3.63, 3.8) is 0 Å². The standard InChI is InChI=1S/C12H23NO3/c1-4-10(12(15)16-5-2)13(3)8-11(14)9-6-7-9/h9-11,14H,4-8H2,1-3H3. The van der Waals surface area contributed by atoms with Gasteiger partial charge in [-0.1, -0.05) is 6.92 Å². The number of likely N-dealkylation sites (N-methyl/N-ethyl adjacent to an activating group) is 1. The second-order valence-electron chi connectivity index (χ2n) is 4.52. The number of nitrogens with zero attached hydrogens (tertiary/aromatic N) is 1. The van der Waals surface area contributed by atoms with Gasteiger partial charge in [0, 0.05) is 6.54 Å². The molecule has 2 unspecified atom stereocenters. The number of aliphatic hydroxyl groups is 1. The van der Waals surface area contributed by atoms with Gasteiger partial charge in [0.1, 0.15) is 6.04 Å². The van der Waals surface area contributed by atoms with Crippen molar-refractivity contribution in [2.45, 2.75) is 45.3 Å². The molecule has 1 N–H and O–H groups in total. The molecule has 0 saturated heterocycles. The smallest absolute Gasteiger partial charge is 0.323 e. The van der Waals surface area contributed by atoms with Crippen LogP contribution in [0.3, 0.4) is 0 Å². The molecule has 16 heavy (non-hydrogen) atoms. The van der Waals surface area contributed by atoms with Crippen molar-refractivity contribution >= 4 is 5.97 Å². The summed E-state index contributed by atoms with van der Waals surface area (Å²) in [6.07, 6.45) is 2.65. The number of rotatable bonds is 7. The highest BCUT2D eigenvalue weighted by atomic mass is 16.5. The summed E-state index contributed by atoms with van der Waals surface area (Å²) in [7, 11) is 1.87. The molecule has 1 aliphatic rings. The maximum Gasteiger partial charge on any atom is 0.323 e. The van der Waals surface area contributed by atoms with Crippen molar-refractivity contribution in [2.24, 2.45) is 5.92 Å². The highest BCUT2D eigenvalue weighted by molar-refractivity contribution is 5.75. The van der Waals surface area contributed by atoms with Crippen molar-refractivity contribution in [3.05, 3.63) is 0 Å². The fourth-order valence-corrected chi connectivity index (χ4v) is 1.95. The summed E-state index contributed by atoms with van der Waals surface area (Å²) in [4.78, 5) is 13.5. The summed E-state index contributed by atoms with van der Waals surface area (Å²) in [6, 6.07) is -0.228. The summed E-state index contributed by atoms with van der Waals surface area (Å²) in [5.74, 6) is 0.262. The Morgan fingerprint density at radius 3 is 2.56 bits per heavy atom. The first-order chi connectivity index (χ1) is 7.60. The molecule has 1 rings (SSSR count). The van der Waals surface area contributed by atoms with Gasteiger partial charge in [-0.05, 0) is 39.2 Å². The molecule has 1 saturated carbocycles. The van der Waals surface area contributed by atoms with E-state index in [1.165, 1.54) is 0 Å². The normalized spacial score (nSPS) is 19.6. The van der Waals surface area contributed by atoms with Crippen molar-refractivity contribution in [1.82, 2.24) is 4.90 Å². The first-order valence-electron chi connectivity index (χ1n) is 6.15. The molecule has 0 aliphatic heterocycles. The zero-order valence-electron chi connectivity index (χ0n) is 10.5. The van der Waals surface area contributed by atoms with E-state index < -0.39 is 0 Å². The topological polar surface area (TPSA) is 49.8 Å². The minimum Gasteiger partial charge on any atom is -0.465 e. The molecule has 0 aromatic rings. The maximum atomic E-state index is 11.6. The van der Waals surface area contributed by atoms with Crippen molar-refractivity contribution in [2.75, 3.05) is 20.2 Å². The number of aliphatic hydroxyl groups excluding tert-OH is 1. The van der Waals surface area contributed by atoms with Gasteiger partial charge in [0.15, 0.2) is 0 Å². The van der Waals surface area contributed by atoms with Crippen LogP contribution in [0.25, 0.3) is 0 Å². The zero-order valence-corrected chi connectivity index (χ0v) is 10.5. The number of carbonyl (C=O) groups is 1. The lowest BCUT2D eigenvalue weighted by atomic mass is 10.1. The largest absolute Gasteiger partial charge is 0.465 e. The summed E-state index contributed by atoms with van der Waals surface area (Å²) in [5, 5.41) is 9.82. The van der Waals surface area contributed by atoms with Gasteiger partial charge in [-0.2, -0.15) is 0 Å². The van der Waals surface area contributed by atoms with Crippen molar-refractivity contribution in [3.8, 4) is 0 Å². The Morgan fingerprint density at radius 2 is 2.12 bits per heavy atom. The number of ether oxygens (including phenoxy) is 1. The Kier molecular flexibility index (Phi) is 5.22. The van der Waals surface area contributed by atoms with E-state index in [1.807, 2.05) is 25.8 Å². The van der Waals surface area contributed by atoms with Gasteiger partial charge in [-0.15, -0.1) is 0 Å². The molecular formula is C12H23NO3. The quantitative estimate of drug-likeness (QED) is 0.662. The minimum atomic E-state index is -0.298. The van der Waals surface area contributed by atoms with E-state index >= 15 is 0 Å². The third-order valence-corrected chi connectivity index (χ3v) is 3.12. The molecule has 0 aromatic heterocycles. The van der Waals surface area contributed by atoms with Crippen LogP contribution in [0, 0.1) is 5.92 Å². The van der Waals surface area contributed by atoms with Gasteiger partial charge < -0.3 is 9.84 Å². The summed E-state index contributed by atoms with van der Waals surface area (Å²) < 4.78 is 5.01. The Morgan fingerprint density at radius 1 is 1.50 bits per heavy atom. The lowest BCUT2D eigenvalue weighted by Gasteiger charge is -2.27. The van der Waals surface area contributed by atoms with Crippen LogP contribution in [-0.4, -0.2) is 48.3 Å². The van der Waals surface area contributed by atoms with Crippen molar-refractivity contribution < 1.29 is 14.6 Å². The van der Waals surface area contributed by atoms with Gasteiger partial charge in [-0.3, -0.25) is 9.69 Å². The summed E-state index contributed by atoms with van der Waals surface area (Å²) in [5.41, 5.74) is 0. The lowest BCUT2D eigenvalue weighted by Crippen LogP contribution is -2.43. The molecule has 1 fully saturated rings. The van der Waals surface area contributed by atoms with E-state index in [0.29, 0.717) is 25.5 Å². The van der Waals surface area contributed by atoms with Crippen LogP contribution in [0.4, 0.5) is 0 Å². The molecular weight excluding hydrogens is 206 g/mol. The SMILES string of the molecule is CCOC(=O)C(CC)N(C)CC(O)C1CC1. The van der Waals surface area contributed by atoms with Crippen molar-refractivity contribution in [1.29, 1.82) is 0 Å². The Bertz CT molecular complexity index is 228. The third-order valence-electron chi connectivity index (χ3n) is 3.12. The molecule has 2 atom stereocenters. The molecule has 0 spiro atoms. The maximum absolute atomic E-state index is 11.6. The number of hydrogen-bond donors (Lipinski definition) is 1. The molecule has 1 aliphatic carbocycles. The monoisotopic (exact) mass is 229 g/mol. The Hall–Kier alpha value is -0.610. The van der Waals surface area contributed by atoms with Crippen LogP contribution in [0.15, 0.2) is 0 Å². The number of hydrogen-bond acceptors (Lipinski definition) is 4. The third kappa shape index (κ3) is 3.76. The van der Waals surface area contributed by atoms with E-state index in [-0.39, 0.29) is 18.1 Å². The van der Waals surface area contributed by atoms with Crippen LogP contribution < -0.4 is 0 Å². The second-order valence-corrected chi connectivity index (χ2v) is 4.52. The van der Waals surface area contributed by atoms with Gasteiger partial charge in [0.2, 0.25) is 0 Å². The van der Waals surface area contributed by atoms with Crippen LogP contribution in [0.2, 0.25) is 0 Å². The molecule has 0 radical (unpaired) electrons.